The molecular weight excluding hydrogens is 405 g/mol. The Balaban J connectivity index is 1.81. The van der Waals surface area contributed by atoms with Crippen molar-refractivity contribution in [3.63, 3.8) is 0 Å². The van der Waals surface area contributed by atoms with Crippen molar-refractivity contribution >= 4 is 10.0 Å². The van der Waals surface area contributed by atoms with E-state index in [1.807, 2.05) is 6.07 Å². The zero-order valence-electron chi connectivity index (χ0n) is 15.3. The molecule has 0 aliphatic carbocycles. The Morgan fingerprint density at radius 3 is 2.55 bits per heavy atom. The summed E-state index contributed by atoms with van der Waals surface area (Å²) in [6.07, 6.45) is -1.44. The van der Waals surface area contributed by atoms with Crippen molar-refractivity contribution in [1.29, 1.82) is 0 Å². The van der Waals surface area contributed by atoms with Crippen LogP contribution in [0.3, 0.4) is 0 Å². The van der Waals surface area contributed by atoms with Gasteiger partial charge in [0.05, 0.1) is 23.8 Å². The van der Waals surface area contributed by atoms with Gasteiger partial charge in [0.25, 0.3) is 0 Å². The molecule has 0 bridgehead atoms. The standard InChI is InChI=1S/C20H17F3N2O3S/c1-28-19-13-24-9-8-18(19)15-5-2-4-14(10-15)12-25-29(26,27)17-7-3-6-16(11-17)20(21,22)23/h2-11,13,25H,12H2,1H3. The first-order chi connectivity index (χ1) is 13.7. The molecule has 0 amide bonds. The first-order valence-electron chi connectivity index (χ1n) is 8.45. The smallest absolute Gasteiger partial charge is 0.416 e. The molecule has 2 aromatic carbocycles. The number of rotatable bonds is 6. The Labute approximate surface area is 166 Å². The number of methoxy groups -OCH3 is 1. The molecule has 0 saturated carbocycles. The summed E-state index contributed by atoms with van der Waals surface area (Å²) in [6, 6.07) is 12.5. The number of alkyl halides is 3. The van der Waals surface area contributed by atoms with Crippen molar-refractivity contribution < 1.29 is 26.3 Å². The summed E-state index contributed by atoms with van der Waals surface area (Å²) < 4.78 is 71.0. The molecule has 1 heterocycles. The predicted octanol–water partition coefficient (Wildman–Crippen LogP) is 4.25. The lowest BCUT2D eigenvalue weighted by Gasteiger charge is -2.12. The highest BCUT2D eigenvalue weighted by atomic mass is 32.2. The van der Waals surface area contributed by atoms with Gasteiger partial charge in [0.15, 0.2) is 0 Å². The molecule has 0 aliphatic rings. The van der Waals surface area contributed by atoms with Gasteiger partial charge in [-0.05, 0) is 41.5 Å². The SMILES string of the molecule is COc1cnccc1-c1cccc(CNS(=O)(=O)c2cccc(C(F)(F)F)c2)c1. The maximum atomic E-state index is 12.8. The Morgan fingerprint density at radius 2 is 1.83 bits per heavy atom. The number of benzene rings is 2. The zero-order valence-corrected chi connectivity index (χ0v) is 16.1. The van der Waals surface area contributed by atoms with Crippen LogP contribution in [0.2, 0.25) is 0 Å². The van der Waals surface area contributed by atoms with Crippen LogP contribution in [-0.2, 0) is 22.7 Å². The molecule has 0 unspecified atom stereocenters. The van der Waals surface area contributed by atoms with E-state index in [2.05, 4.69) is 9.71 Å². The summed E-state index contributed by atoms with van der Waals surface area (Å²) >= 11 is 0. The Morgan fingerprint density at radius 1 is 1.07 bits per heavy atom. The van der Waals surface area contributed by atoms with E-state index in [-0.39, 0.29) is 6.54 Å². The molecule has 0 saturated heterocycles. The van der Waals surface area contributed by atoms with Gasteiger partial charge in [0, 0.05) is 18.3 Å². The molecular formula is C20H17F3N2O3S. The fourth-order valence-electron chi connectivity index (χ4n) is 2.73. The molecule has 0 aliphatic heterocycles. The third kappa shape index (κ3) is 4.93. The molecule has 0 spiro atoms. The molecule has 152 valence electrons. The molecule has 5 nitrogen and oxygen atoms in total. The van der Waals surface area contributed by atoms with Gasteiger partial charge in [-0.2, -0.15) is 13.2 Å². The topological polar surface area (TPSA) is 68.3 Å². The van der Waals surface area contributed by atoms with Crippen LogP contribution in [0.15, 0.2) is 71.9 Å². The Hall–Kier alpha value is -2.91. The minimum atomic E-state index is -4.62. The number of pyridine rings is 1. The normalized spacial score (nSPS) is 12.0. The fraction of sp³-hybridized carbons (Fsp3) is 0.150. The molecule has 29 heavy (non-hydrogen) atoms. The minimum absolute atomic E-state index is 0.0835. The van der Waals surface area contributed by atoms with Gasteiger partial charge in [0.2, 0.25) is 10.0 Å². The average Bonchev–Trinajstić information content (AvgIpc) is 2.72. The second-order valence-electron chi connectivity index (χ2n) is 6.13. The molecule has 1 aromatic heterocycles. The van der Waals surface area contributed by atoms with Gasteiger partial charge < -0.3 is 4.74 Å². The van der Waals surface area contributed by atoms with Crippen LogP contribution in [0.5, 0.6) is 5.75 Å². The summed E-state index contributed by atoms with van der Waals surface area (Å²) in [5, 5.41) is 0. The van der Waals surface area contributed by atoms with E-state index in [1.54, 1.807) is 36.7 Å². The van der Waals surface area contributed by atoms with Crippen LogP contribution in [0, 0.1) is 0 Å². The molecule has 3 aromatic rings. The van der Waals surface area contributed by atoms with Crippen molar-refractivity contribution in [2.45, 2.75) is 17.6 Å². The summed E-state index contributed by atoms with van der Waals surface area (Å²) in [5.74, 6) is 0.564. The third-order valence-electron chi connectivity index (χ3n) is 4.18. The lowest BCUT2D eigenvalue weighted by Crippen LogP contribution is -2.23. The molecule has 3 rings (SSSR count). The van der Waals surface area contributed by atoms with E-state index >= 15 is 0 Å². The van der Waals surface area contributed by atoms with Crippen molar-refractivity contribution in [3.05, 3.63) is 78.1 Å². The lowest BCUT2D eigenvalue weighted by molar-refractivity contribution is -0.137. The van der Waals surface area contributed by atoms with Gasteiger partial charge in [0.1, 0.15) is 5.75 Å². The highest BCUT2D eigenvalue weighted by Crippen LogP contribution is 2.31. The van der Waals surface area contributed by atoms with Crippen LogP contribution in [0.1, 0.15) is 11.1 Å². The maximum Gasteiger partial charge on any atom is 0.416 e. The van der Waals surface area contributed by atoms with Gasteiger partial charge in [-0.15, -0.1) is 0 Å². The average molecular weight is 422 g/mol. The lowest BCUT2D eigenvalue weighted by atomic mass is 10.0. The predicted molar refractivity (Wildman–Crippen MR) is 102 cm³/mol. The van der Waals surface area contributed by atoms with E-state index in [4.69, 9.17) is 4.74 Å². The fourth-order valence-corrected chi connectivity index (χ4v) is 3.79. The van der Waals surface area contributed by atoms with Gasteiger partial charge in [-0.1, -0.05) is 24.3 Å². The van der Waals surface area contributed by atoms with E-state index in [0.29, 0.717) is 17.4 Å². The Bertz CT molecular complexity index is 1120. The first kappa shape index (κ1) is 20.8. The first-order valence-corrected chi connectivity index (χ1v) is 9.93. The second-order valence-corrected chi connectivity index (χ2v) is 7.89. The number of sulfonamides is 1. The maximum absolute atomic E-state index is 12.8. The van der Waals surface area contributed by atoms with E-state index in [0.717, 1.165) is 29.3 Å². The summed E-state index contributed by atoms with van der Waals surface area (Å²) in [7, 11) is -2.59. The number of halogens is 3. The summed E-state index contributed by atoms with van der Waals surface area (Å²) in [6.45, 7) is -0.0835. The van der Waals surface area contributed by atoms with Gasteiger partial charge >= 0.3 is 6.18 Å². The van der Waals surface area contributed by atoms with Crippen LogP contribution in [0.4, 0.5) is 13.2 Å². The molecule has 9 heteroatoms. The van der Waals surface area contributed by atoms with Gasteiger partial charge in [-0.3, -0.25) is 4.98 Å². The second kappa shape index (κ2) is 8.22. The number of aromatic nitrogens is 1. The number of nitrogens with zero attached hydrogens (tertiary/aromatic N) is 1. The van der Waals surface area contributed by atoms with Crippen LogP contribution in [0.25, 0.3) is 11.1 Å². The molecule has 0 fully saturated rings. The van der Waals surface area contributed by atoms with Crippen molar-refractivity contribution in [2.75, 3.05) is 7.11 Å². The quantitative estimate of drug-likeness (QED) is 0.645. The van der Waals surface area contributed by atoms with E-state index in [1.165, 1.54) is 7.11 Å². The van der Waals surface area contributed by atoms with Crippen LogP contribution in [-0.4, -0.2) is 20.5 Å². The molecule has 0 radical (unpaired) electrons. The number of hydrogen-bond acceptors (Lipinski definition) is 4. The van der Waals surface area contributed by atoms with E-state index < -0.39 is 26.7 Å². The third-order valence-corrected chi connectivity index (χ3v) is 5.58. The summed E-state index contributed by atoms with van der Waals surface area (Å²) in [5.41, 5.74) is 1.19. The van der Waals surface area contributed by atoms with Crippen LogP contribution >= 0.6 is 0 Å². The largest absolute Gasteiger partial charge is 0.494 e. The summed E-state index contributed by atoms with van der Waals surface area (Å²) in [4.78, 5) is 3.55. The molecule has 0 atom stereocenters. The minimum Gasteiger partial charge on any atom is -0.494 e. The Kier molecular flexibility index (Phi) is 5.90. The highest BCUT2D eigenvalue weighted by molar-refractivity contribution is 7.89. The van der Waals surface area contributed by atoms with Crippen molar-refractivity contribution in [1.82, 2.24) is 9.71 Å². The highest BCUT2D eigenvalue weighted by Gasteiger charge is 2.31. The van der Waals surface area contributed by atoms with Crippen LogP contribution < -0.4 is 9.46 Å². The van der Waals surface area contributed by atoms with Crippen molar-refractivity contribution in [2.24, 2.45) is 0 Å². The van der Waals surface area contributed by atoms with Gasteiger partial charge in [-0.25, -0.2) is 13.1 Å². The van der Waals surface area contributed by atoms with Crippen molar-refractivity contribution in [3.8, 4) is 16.9 Å². The monoisotopic (exact) mass is 422 g/mol. The molecule has 1 N–H and O–H groups in total. The number of ether oxygens (including phenoxy) is 1. The zero-order chi connectivity index (χ0) is 21.1. The number of hydrogen-bond donors (Lipinski definition) is 1. The number of nitrogens with one attached hydrogen (secondary N) is 1. The van der Waals surface area contributed by atoms with E-state index in [9.17, 15) is 21.6 Å².